The van der Waals surface area contributed by atoms with E-state index in [1.165, 1.54) is 0 Å². The fourth-order valence-corrected chi connectivity index (χ4v) is 2.27. The smallest absolute Gasteiger partial charge is 0.103 e. The Bertz CT molecular complexity index is 471. The van der Waals surface area contributed by atoms with Gasteiger partial charge in [0.1, 0.15) is 10.1 Å². The number of aromatic nitrogens is 2. The molecular weight excluding hydrogens is 218 g/mol. The minimum atomic E-state index is 0.541. The molecule has 0 saturated heterocycles. The summed E-state index contributed by atoms with van der Waals surface area (Å²) in [6.07, 6.45) is 1.78. The number of nitrogens with zero attached hydrogens (tertiary/aromatic N) is 2. The van der Waals surface area contributed by atoms with Gasteiger partial charge < -0.3 is 5.73 Å². The summed E-state index contributed by atoms with van der Waals surface area (Å²) >= 11 is 1.55. The molecule has 0 atom stereocenters. The average molecular weight is 231 g/mol. The summed E-state index contributed by atoms with van der Waals surface area (Å²) in [5.41, 5.74) is 7.72. The van der Waals surface area contributed by atoms with E-state index in [0.717, 1.165) is 21.3 Å². The molecule has 4 heteroatoms. The minimum absolute atomic E-state index is 0.541. The van der Waals surface area contributed by atoms with Crippen molar-refractivity contribution in [2.45, 2.75) is 23.5 Å². The van der Waals surface area contributed by atoms with Gasteiger partial charge in [-0.1, -0.05) is 17.8 Å². The molecule has 82 valence electrons. The Balaban J connectivity index is 2.24. The van der Waals surface area contributed by atoms with Gasteiger partial charge in [0, 0.05) is 18.4 Å². The van der Waals surface area contributed by atoms with Crippen LogP contribution in [0, 0.1) is 6.92 Å². The fraction of sp³-hybridized carbons (Fsp3) is 0.167. The lowest BCUT2D eigenvalue weighted by atomic mass is 10.2. The topological polar surface area (TPSA) is 51.8 Å². The van der Waals surface area contributed by atoms with Gasteiger partial charge in [-0.05, 0) is 36.8 Å². The first kappa shape index (κ1) is 11.1. The number of pyridine rings is 2. The molecule has 16 heavy (non-hydrogen) atoms. The highest BCUT2D eigenvalue weighted by atomic mass is 32.2. The van der Waals surface area contributed by atoms with Crippen molar-refractivity contribution in [2.24, 2.45) is 5.73 Å². The molecule has 0 aliphatic heterocycles. The van der Waals surface area contributed by atoms with Crippen LogP contribution in [0.2, 0.25) is 0 Å². The van der Waals surface area contributed by atoms with Crippen molar-refractivity contribution in [3.8, 4) is 0 Å². The highest BCUT2D eigenvalue weighted by Gasteiger charge is 2.02. The second kappa shape index (κ2) is 5.09. The van der Waals surface area contributed by atoms with Crippen LogP contribution in [0.15, 0.2) is 46.6 Å². The van der Waals surface area contributed by atoms with Crippen LogP contribution in [0.1, 0.15) is 11.3 Å². The number of aryl methyl sites for hydroxylation is 1. The minimum Gasteiger partial charge on any atom is -0.326 e. The summed E-state index contributed by atoms with van der Waals surface area (Å²) in [5.74, 6) is 0. The highest BCUT2D eigenvalue weighted by molar-refractivity contribution is 7.99. The molecule has 0 aliphatic carbocycles. The third-order valence-electron chi connectivity index (χ3n) is 2.07. The summed E-state index contributed by atoms with van der Waals surface area (Å²) < 4.78 is 0. The monoisotopic (exact) mass is 231 g/mol. The van der Waals surface area contributed by atoms with E-state index in [9.17, 15) is 0 Å². The molecule has 2 aromatic heterocycles. The summed E-state index contributed by atoms with van der Waals surface area (Å²) in [4.78, 5) is 8.70. The highest BCUT2D eigenvalue weighted by Crippen LogP contribution is 2.24. The van der Waals surface area contributed by atoms with Gasteiger partial charge in [-0.25, -0.2) is 9.97 Å². The Morgan fingerprint density at radius 3 is 2.81 bits per heavy atom. The van der Waals surface area contributed by atoms with Crippen molar-refractivity contribution < 1.29 is 0 Å². The Hall–Kier alpha value is -1.39. The normalized spacial score (nSPS) is 10.4. The number of hydrogen-bond donors (Lipinski definition) is 1. The Morgan fingerprint density at radius 1 is 1.25 bits per heavy atom. The lowest BCUT2D eigenvalue weighted by Crippen LogP contribution is -1.98. The third kappa shape index (κ3) is 2.81. The van der Waals surface area contributed by atoms with Crippen molar-refractivity contribution in [2.75, 3.05) is 0 Å². The summed E-state index contributed by atoms with van der Waals surface area (Å²) in [6.45, 7) is 2.51. The van der Waals surface area contributed by atoms with Gasteiger partial charge in [-0.2, -0.15) is 0 Å². The van der Waals surface area contributed by atoms with E-state index < -0.39 is 0 Å². The summed E-state index contributed by atoms with van der Waals surface area (Å²) in [6, 6.07) is 9.85. The van der Waals surface area contributed by atoms with E-state index in [-0.39, 0.29) is 0 Å². The molecule has 0 bridgehead atoms. The predicted octanol–water partition coefficient (Wildman–Crippen LogP) is 2.39. The zero-order chi connectivity index (χ0) is 11.4. The first-order valence-electron chi connectivity index (χ1n) is 5.04. The maximum Gasteiger partial charge on any atom is 0.103 e. The lowest BCUT2D eigenvalue weighted by Gasteiger charge is -2.04. The van der Waals surface area contributed by atoms with Gasteiger partial charge in [0.15, 0.2) is 0 Å². The molecule has 2 heterocycles. The van der Waals surface area contributed by atoms with E-state index >= 15 is 0 Å². The molecule has 2 aromatic rings. The van der Waals surface area contributed by atoms with Gasteiger partial charge in [0.2, 0.25) is 0 Å². The van der Waals surface area contributed by atoms with E-state index in [1.807, 2.05) is 37.3 Å². The van der Waals surface area contributed by atoms with Gasteiger partial charge >= 0.3 is 0 Å². The second-order valence-electron chi connectivity index (χ2n) is 3.43. The SMILES string of the molecule is Cc1cc(CN)cc(Sc2ccccn2)n1. The Morgan fingerprint density at radius 2 is 2.12 bits per heavy atom. The van der Waals surface area contributed by atoms with Crippen molar-refractivity contribution in [3.05, 3.63) is 47.8 Å². The van der Waals surface area contributed by atoms with Crippen LogP contribution in [0.25, 0.3) is 0 Å². The van der Waals surface area contributed by atoms with Crippen LogP contribution in [-0.2, 0) is 6.54 Å². The third-order valence-corrected chi connectivity index (χ3v) is 2.94. The number of nitrogens with two attached hydrogens (primary N) is 1. The number of hydrogen-bond acceptors (Lipinski definition) is 4. The molecule has 2 N–H and O–H groups in total. The van der Waals surface area contributed by atoms with Gasteiger partial charge in [-0.15, -0.1) is 0 Å². The van der Waals surface area contributed by atoms with Crippen molar-refractivity contribution >= 4 is 11.8 Å². The number of rotatable bonds is 3. The molecule has 0 amide bonds. The van der Waals surface area contributed by atoms with Crippen LogP contribution < -0.4 is 5.73 Å². The molecule has 0 spiro atoms. The van der Waals surface area contributed by atoms with E-state index in [2.05, 4.69) is 9.97 Å². The Labute approximate surface area is 99.1 Å². The van der Waals surface area contributed by atoms with Crippen molar-refractivity contribution in [1.29, 1.82) is 0 Å². The molecule has 0 aliphatic rings. The zero-order valence-corrected chi connectivity index (χ0v) is 9.87. The molecule has 2 rings (SSSR count). The molecule has 0 aromatic carbocycles. The fourth-order valence-electron chi connectivity index (χ4n) is 1.39. The van der Waals surface area contributed by atoms with Crippen LogP contribution in [-0.4, -0.2) is 9.97 Å². The summed E-state index contributed by atoms with van der Waals surface area (Å²) in [5, 5.41) is 1.89. The Kier molecular flexibility index (Phi) is 3.54. The van der Waals surface area contributed by atoms with E-state index in [4.69, 9.17) is 5.73 Å². The van der Waals surface area contributed by atoms with Crippen LogP contribution >= 0.6 is 11.8 Å². The van der Waals surface area contributed by atoms with Crippen LogP contribution in [0.5, 0.6) is 0 Å². The lowest BCUT2D eigenvalue weighted by molar-refractivity contribution is 0.983. The molecular formula is C12H13N3S. The van der Waals surface area contributed by atoms with E-state index in [1.54, 1.807) is 18.0 Å². The van der Waals surface area contributed by atoms with Crippen LogP contribution in [0.3, 0.4) is 0 Å². The second-order valence-corrected chi connectivity index (χ2v) is 4.47. The maximum absolute atomic E-state index is 5.63. The average Bonchev–Trinajstić information content (AvgIpc) is 2.29. The first-order valence-corrected chi connectivity index (χ1v) is 5.86. The van der Waals surface area contributed by atoms with Crippen molar-refractivity contribution in [3.63, 3.8) is 0 Å². The summed E-state index contributed by atoms with van der Waals surface area (Å²) in [7, 11) is 0. The molecule has 0 saturated carbocycles. The molecule has 0 fully saturated rings. The predicted molar refractivity (Wildman–Crippen MR) is 65.2 cm³/mol. The largest absolute Gasteiger partial charge is 0.326 e. The van der Waals surface area contributed by atoms with Gasteiger partial charge in [0.25, 0.3) is 0 Å². The van der Waals surface area contributed by atoms with Crippen LogP contribution in [0.4, 0.5) is 0 Å². The molecule has 0 unspecified atom stereocenters. The zero-order valence-electron chi connectivity index (χ0n) is 9.05. The van der Waals surface area contributed by atoms with E-state index in [0.29, 0.717) is 6.54 Å². The quantitative estimate of drug-likeness (QED) is 0.881. The first-order chi connectivity index (χ1) is 7.78. The van der Waals surface area contributed by atoms with Gasteiger partial charge in [0.05, 0.1) is 0 Å². The maximum atomic E-state index is 5.63. The molecule has 0 radical (unpaired) electrons. The van der Waals surface area contributed by atoms with Crippen molar-refractivity contribution in [1.82, 2.24) is 9.97 Å². The van der Waals surface area contributed by atoms with Gasteiger partial charge in [-0.3, -0.25) is 0 Å². The molecule has 3 nitrogen and oxygen atoms in total. The standard InChI is InChI=1S/C12H13N3S/c1-9-6-10(8-13)7-12(15-9)16-11-4-2-3-5-14-11/h2-7H,8,13H2,1H3.